The molecule has 0 fully saturated rings. The lowest BCUT2D eigenvalue weighted by Crippen LogP contribution is -2.14. The van der Waals surface area contributed by atoms with E-state index >= 15 is 0 Å². The van der Waals surface area contributed by atoms with Gasteiger partial charge in [-0.15, -0.1) is 0 Å². The van der Waals surface area contributed by atoms with Gasteiger partial charge in [0, 0.05) is 33.7 Å². The third kappa shape index (κ3) is 3.88. The van der Waals surface area contributed by atoms with Crippen molar-refractivity contribution in [1.29, 1.82) is 0 Å². The molecule has 6 heteroatoms. The molecule has 0 heterocycles. The van der Waals surface area contributed by atoms with Gasteiger partial charge >= 0.3 is 0 Å². The predicted octanol–water partition coefficient (Wildman–Crippen LogP) is 4.41. The molecular formula is C14H12Br2N2O2. The van der Waals surface area contributed by atoms with E-state index in [-0.39, 0.29) is 10.6 Å². The van der Waals surface area contributed by atoms with E-state index in [4.69, 9.17) is 0 Å². The third-order valence-corrected chi connectivity index (χ3v) is 4.10. The van der Waals surface area contributed by atoms with Gasteiger partial charge in [-0.25, -0.2) is 0 Å². The molecule has 2 aromatic rings. The van der Waals surface area contributed by atoms with Crippen LogP contribution >= 0.6 is 31.9 Å². The minimum atomic E-state index is -0.361. The van der Waals surface area contributed by atoms with Gasteiger partial charge in [0.05, 0.1) is 4.92 Å². The fraction of sp³-hybridized carbons (Fsp3) is 0.143. The van der Waals surface area contributed by atoms with E-state index in [1.165, 1.54) is 6.07 Å². The molecule has 0 unspecified atom stereocenters. The first-order valence-corrected chi connectivity index (χ1v) is 7.53. The number of nitrogens with zero attached hydrogens (tertiary/aromatic N) is 1. The van der Waals surface area contributed by atoms with E-state index in [1.54, 1.807) is 6.07 Å². The summed E-state index contributed by atoms with van der Waals surface area (Å²) in [6.45, 7) is 1.10. The molecule has 0 radical (unpaired) electrons. The van der Waals surface area contributed by atoms with Crippen molar-refractivity contribution in [1.82, 2.24) is 5.32 Å². The van der Waals surface area contributed by atoms with Crippen molar-refractivity contribution in [3.63, 3.8) is 0 Å². The first kappa shape index (κ1) is 15.2. The lowest BCUT2D eigenvalue weighted by Gasteiger charge is -2.07. The quantitative estimate of drug-likeness (QED) is 0.598. The molecule has 2 aromatic carbocycles. The van der Waals surface area contributed by atoms with Crippen molar-refractivity contribution in [3.8, 4) is 0 Å². The van der Waals surface area contributed by atoms with Crippen LogP contribution in [-0.2, 0) is 13.1 Å². The normalized spacial score (nSPS) is 10.5. The van der Waals surface area contributed by atoms with Gasteiger partial charge in [-0.05, 0) is 23.8 Å². The maximum absolute atomic E-state index is 11.0. The molecule has 0 saturated heterocycles. The Morgan fingerprint density at radius 1 is 1.05 bits per heavy atom. The summed E-state index contributed by atoms with van der Waals surface area (Å²) in [5.41, 5.74) is 1.91. The Balaban J connectivity index is 2.05. The van der Waals surface area contributed by atoms with E-state index in [0.717, 1.165) is 10.0 Å². The summed E-state index contributed by atoms with van der Waals surface area (Å²) in [7, 11) is 0. The van der Waals surface area contributed by atoms with Crippen molar-refractivity contribution in [3.05, 3.63) is 72.7 Å². The van der Waals surface area contributed by atoms with Crippen LogP contribution in [0.2, 0.25) is 0 Å². The maximum Gasteiger partial charge on any atom is 0.275 e. The summed E-state index contributed by atoms with van der Waals surface area (Å²) in [5, 5.41) is 14.2. The third-order valence-electron chi connectivity index (χ3n) is 2.83. The molecule has 0 aliphatic heterocycles. The maximum atomic E-state index is 11.0. The standard InChI is InChI=1S/C14H12Br2N2O2/c15-12-6-5-11(14(7-12)18(19)20)9-17-8-10-3-1-2-4-13(10)16/h1-7,17H,8-9H2. The summed E-state index contributed by atoms with van der Waals surface area (Å²) in [6, 6.07) is 13.0. The second-order valence-corrected chi connectivity index (χ2v) is 6.00. The Morgan fingerprint density at radius 3 is 2.45 bits per heavy atom. The highest BCUT2D eigenvalue weighted by Gasteiger charge is 2.13. The highest BCUT2D eigenvalue weighted by atomic mass is 79.9. The van der Waals surface area contributed by atoms with E-state index < -0.39 is 0 Å². The van der Waals surface area contributed by atoms with E-state index in [2.05, 4.69) is 37.2 Å². The van der Waals surface area contributed by atoms with E-state index in [1.807, 2.05) is 30.3 Å². The minimum Gasteiger partial charge on any atom is -0.308 e. The Kier molecular flexibility index (Phi) is 5.28. The van der Waals surface area contributed by atoms with Crippen molar-refractivity contribution >= 4 is 37.5 Å². The monoisotopic (exact) mass is 398 g/mol. The van der Waals surface area contributed by atoms with Gasteiger partial charge in [-0.2, -0.15) is 0 Å². The summed E-state index contributed by atoms with van der Waals surface area (Å²) >= 11 is 6.72. The lowest BCUT2D eigenvalue weighted by molar-refractivity contribution is -0.385. The van der Waals surface area contributed by atoms with Gasteiger partial charge in [0.15, 0.2) is 0 Å². The fourth-order valence-electron chi connectivity index (χ4n) is 1.83. The van der Waals surface area contributed by atoms with Crippen LogP contribution in [0.1, 0.15) is 11.1 Å². The number of hydrogen-bond donors (Lipinski definition) is 1. The summed E-state index contributed by atoms with van der Waals surface area (Å²) in [5.74, 6) is 0. The zero-order valence-corrected chi connectivity index (χ0v) is 13.6. The van der Waals surface area contributed by atoms with Crippen LogP contribution in [0.25, 0.3) is 0 Å². The molecule has 1 N–H and O–H groups in total. The number of rotatable bonds is 5. The molecule has 0 atom stereocenters. The summed E-state index contributed by atoms with van der Waals surface area (Å²) in [6.07, 6.45) is 0. The van der Waals surface area contributed by atoms with Gasteiger partial charge in [0.1, 0.15) is 0 Å². The van der Waals surface area contributed by atoms with Crippen LogP contribution in [0.15, 0.2) is 51.4 Å². The number of benzene rings is 2. The largest absolute Gasteiger partial charge is 0.308 e. The van der Waals surface area contributed by atoms with Crippen LogP contribution in [0.4, 0.5) is 5.69 Å². The number of hydrogen-bond acceptors (Lipinski definition) is 3. The van der Waals surface area contributed by atoms with E-state index in [9.17, 15) is 10.1 Å². The molecule has 0 aliphatic rings. The Labute approximate surface area is 133 Å². The zero-order valence-electron chi connectivity index (χ0n) is 10.5. The molecule has 0 saturated carbocycles. The van der Waals surface area contributed by atoms with Gasteiger partial charge in [-0.3, -0.25) is 10.1 Å². The molecule has 4 nitrogen and oxygen atoms in total. The van der Waals surface area contributed by atoms with Crippen molar-refractivity contribution in [2.24, 2.45) is 0 Å². The van der Waals surface area contributed by atoms with Crippen molar-refractivity contribution < 1.29 is 4.92 Å². The smallest absolute Gasteiger partial charge is 0.275 e. The van der Waals surface area contributed by atoms with Crippen LogP contribution in [-0.4, -0.2) is 4.92 Å². The first-order chi connectivity index (χ1) is 9.58. The first-order valence-electron chi connectivity index (χ1n) is 5.95. The second kappa shape index (κ2) is 6.97. The fourth-order valence-corrected chi connectivity index (χ4v) is 2.60. The SMILES string of the molecule is O=[N+]([O-])c1cc(Br)ccc1CNCc1ccccc1Br. The molecule has 0 spiro atoms. The van der Waals surface area contributed by atoms with Gasteiger partial charge in [0.25, 0.3) is 5.69 Å². The summed E-state index contributed by atoms with van der Waals surface area (Å²) < 4.78 is 1.73. The van der Waals surface area contributed by atoms with Crippen molar-refractivity contribution in [2.45, 2.75) is 13.1 Å². The Morgan fingerprint density at radius 2 is 1.75 bits per heavy atom. The molecule has 0 aliphatic carbocycles. The number of nitro groups is 1. The molecule has 2 rings (SSSR count). The Hall–Kier alpha value is -1.24. The average Bonchev–Trinajstić information content (AvgIpc) is 2.42. The molecule has 20 heavy (non-hydrogen) atoms. The molecule has 0 bridgehead atoms. The van der Waals surface area contributed by atoms with Gasteiger partial charge in [-0.1, -0.05) is 50.1 Å². The van der Waals surface area contributed by atoms with Gasteiger partial charge < -0.3 is 5.32 Å². The van der Waals surface area contributed by atoms with Crippen LogP contribution in [0, 0.1) is 10.1 Å². The second-order valence-electron chi connectivity index (χ2n) is 4.23. The highest BCUT2D eigenvalue weighted by molar-refractivity contribution is 9.10. The predicted molar refractivity (Wildman–Crippen MR) is 85.5 cm³/mol. The topological polar surface area (TPSA) is 55.2 Å². The average molecular weight is 400 g/mol. The molecular weight excluding hydrogens is 388 g/mol. The van der Waals surface area contributed by atoms with E-state index in [0.29, 0.717) is 23.1 Å². The zero-order chi connectivity index (χ0) is 14.5. The molecule has 0 amide bonds. The van der Waals surface area contributed by atoms with Crippen LogP contribution < -0.4 is 5.32 Å². The van der Waals surface area contributed by atoms with Crippen molar-refractivity contribution in [2.75, 3.05) is 0 Å². The van der Waals surface area contributed by atoms with Gasteiger partial charge in [0.2, 0.25) is 0 Å². The lowest BCUT2D eigenvalue weighted by atomic mass is 10.1. The van der Waals surface area contributed by atoms with Crippen LogP contribution in [0.3, 0.4) is 0 Å². The minimum absolute atomic E-state index is 0.124. The highest BCUT2D eigenvalue weighted by Crippen LogP contribution is 2.23. The Bertz CT molecular complexity index is 632. The number of nitro benzene ring substituents is 1. The molecule has 0 aromatic heterocycles. The molecule has 104 valence electrons. The summed E-state index contributed by atoms with van der Waals surface area (Å²) in [4.78, 5) is 10.6. The van der Waals surface area contributed by atoms with Crippen LogP contribution in [0.5, 0.6) is 0 Å². The number of nitrogens with one attached hydrogen (secondary N) is 1. The number of halogens is 2.